The number of benzene rings is 2. The summed E-state index contributed by atoms with van der Waals surface area (Å²) in [5.41, 5.74) is 1.45. The second-order valence-corrected chi connectivity index (χ2v) is 8.06. The first-order valence-electron chi connectivity index (χ1n) is 10.3. The van der Waals surface area contributed by atoms with Crippen LogP contribution in [0.5, 0.6) is 11.5 Å². The van der Waals surface area contributed by atoms with Crippen LogP contribution in [-0.2, 0) is 11.2 Å². The molecule has 0 fully saturated rings. The van der Waals surface area contributed by atoms with Crippen LogP contribution in [0.3, 0.4) is 0 Å². The summed E-state index contributed by atoms with van der Waals surface area (Å²) in [6, 6.07) is 14.8. The fourth-order valence-electron chi connectivity index (χ4n) is 3.09. The summed E-state index contributed by atoms with van der Waals surface area (Å²) in [5.74, 6) is -0.196. The van der Waals surface area contributed by atoms with Gasteiger partial charge in [-0.1, -0.05) is 18.2 Å². The number of amides is 2. The molecule has 0 saturated carbocycles. The second kappa shape index (κ2) is 11.8. The maximum absolute atomic E-state index is 13.0. The summed E-state index contributed by atoms with van der Waals surface area (Å²) in [7, 11) is 3.00. The number of halogens is 1. The van der Waals surface area contributed by atoms with Crippen LogP contribution < -0.4 is 20.1 Å². The largest absolute Gasteiger partial charge is 0.493 e. The van der Waals surface area contributed by atoms with E-state index in [1.807, 2.05) is 17.5 Å². The van der Waals surface area contributed by atoms with Crippen molar-refractivity contribution in [1.82, 2.24) is 10.6 Å². The minimum atomic E-state index is -0.444. The molecule has 172 valence electrons. The highest BCUT2D eigenvalue weighted by molar-refractivity contribution is 7.10. The lowest BCUT2D eigenvalue weighted by atomic mass is 10.1. The molecule has 0 spiro atoms. The zero-order valence-electron chi connectivity index (χ0n) is 18.4. The SMILES string of the molecule is COc1ccc(C(=O)N/C(=C\c2cccs2)C(=O)NCCCc2ccc(F)cc2)cc1OC. The van der Waals surface area contributed by atoms with Gasteiger partial charge in [0.25, 0.3) is 11.8 Å². The first kappa shape index (κ1) is 24.0. The normalized spacial score (nSPS) is 11.1. The van der Waals surface area contributed by atoms with Crippen molar-refractivity contribution in [2.75, 3.05) is 20.8 Å². The van der Waals surface area contributed by atoms with E-state index < -0.39 is 11.8 Å². The number of rotatable bonds is 10. The van der Waals surface area contributed by atoms with Crippen LogP contribution in [0, 0.1) is 5.82 Å². The van der Waals surface area contributed by atoms with Gasteiger partial charge in [0, 0.05) is 17.0 Å². The van der Waals surface area contributed by atoms with E-state index in [9.17, 15) is 14.0 Å². The Bertz CT molecular complexity index is 1110. The Labute approximate surface area is 196 Å². The van der Waals surface area contributed by atoms with E-state index in [0.29, 0.717) is 36.4 Å². The number of nitrogens with one attached hydrogen (secondary N) is 2. The van der Waals surface area contributed by atoms with Gasteiger partial charge < -0.3 is 20.1 Å². The molecule has 6 nitrogen and oxygen atoms in total. The average molecular weight is 469 g/mol. The van der Waals surface area contributed by atoms with E-state index >= 15 is 0 Å². The first-order chi connectivity index (χ1) is 16.0. The van der Waals surface area contributed by atoms with Crippen molar-refractivity contribution in [2.45, 2.75) is 12.8 Å². The topological polar surface area (TPSA) is 76.7 Å². The van der Waals surface area contributed by atoms with Crippen molar-refractivity contribution < 1.29 is 23.5 Å². The zero-order chi connectivity index (χ0) is 23.6. The molecule has 0 aliphatic carbocycles. The quantitative estimate of drug-likeness (QED) is 0.341. The third-order valence-electron chi connectivity index (χ3n) is 4.81. The maximum atomic E-state index is 13.0. The second-order valence-electron chi connectivity index (χ2n) is 7.08. The van der Waals surface area contributed by atoms with Crippen molar-refractivity contribution >= 4 is 29.2 Å². The Morgan fingerprint density at radius 3 is 2.45 bits per heavy atom. The van der Waals surface area contributed by atoms with Gasteiger partial charge in [-0.2, -0.15) is 0 Å². The summed E-state index contributed by atoms with van der Waals surface area (Å²) >= 11 is 1.45. The molecule has 0 saturated heterocycles. The highest BCUT2D eigenvalue weighted by Gasteiger charge is 2.16. The number of hydrogen-bond donors (Lipinski definition) is 2. The average Bonchev–Trinajstić information content (AvgIpc) is 3.35. The number of methoxy groups -OCH3 is 2. The number of carbonyl (C=O) groups is 2. The molecule has 33 heavy (non-hydrogen) atoms. The predicted molar refractivity (Wildman–Crippen MR) is 127 cm³/mol. The predicted octanol–water partition coefficient (Wildman–Crippen LogP) is 4.42. The third-order valence-corrected chi connectivity index (χ3v) is 5.63. The minimum Gasteiger partial charge on any atom is -0.493 e. The number of hydrogen-bond acceptors (Lipinski definition) is 5. The number of carbonyl (C=O) groups excluding carboxylic acids is 2. The molecular formula is C25H25FN2O4S. The Morgan fingerprint density at radius 1 is 1.03 bits per heavy atom. The molecule has 0 unspecified atom stereocenters. The van der Waals surface area contributed by atoms with E-state index in [1.165, 1.54) is 37.7 Å². The van der Waals surface area contributed by atoms with Crippen LogP contribution in [0.15, 0.2) is 65.7 Å². The van der Waals surface area contributed by atoms with Gasteiger partial charge in [0.2, 0.25) is 0 Å². The van der Waals surface area contributed by atoms with Crippen LogP contribution in [0.4, 0.5) is 4.39 Å². The van der Waals surface area contributed by atoms with Crippen molar-refractivity contribution in [2.24, 2.45) is 0 Å². The van der Waals surface area contributed by atoms with Gasteiger partial charge in [0.15, 0.2) is 11.5 Å². The minimum absolute atomic E-state index is 0.138. The van der Waals surface area contributed by atoms with E-state index in [1.54, 1.807) is 36.4 Å². The summed E-state index contributed by atoms with van der Waals surface area (Å²) in [6.07, 6.45) is 3.01. The molecule has 0 aliphatic heterocycles. The number of aryl methyl sites for hydroxylation is 1. The fraction of sp³-hybridized carbons (Fsp3) is 0.200. The zero-order valence-corrected chi connectivity index (χ0v) is 19.2. The highest BCUT2D eigenvalue weighted by atomic mass is 32.1. The molecule has 0 aliphatic rings. The maximum Gasteiger partial charge on any atom is 0.267 e. The van der Waals surface area contributed by atoms with Crippen LogP contribution in [0.25, 0.3) is 6.08 Å². The van der Waals surface area contributed by atoms with Crippen molar-refractivity contribution in [3.63, 3.8) is 0 Å². The van der Waals surface area contributed by atoms with E-state index in [4.69, 9.17) is 9.47 Å². The van der Waals surface area contributed by atoms with Crippen LogP contribution in [-0.4, -0.2) is 32.6 Å². The first-order valence-corrected chi connectivity index (χ1v) is 11.2. The highest BCUT2D eigenvalue weighted by Crippen LogP contribution is 2.27. The molecule has 0 bridgehead atoms. The van der Waals surface area contributed by atoms with Crippen LogP contribution >= 0.6 is 11.3 Å². The lowest BCUT2D eigenvalue weighted by Gasteiger charge is -2.12. The van der Waals surface area contributed by atoms with E-state index in [-0.39, 0.29) is 11.5 Å². The lowest BCUT2D eigenvalue weighted by Crippen LogP contribution is -2.35. The fourth-order valence-corrected chi connectivity index (χ4v) is 3.74. The Hall–Kier alpha value is -3.65. The van der Waals surface area contributed by atoms with Crippen molar-refractivity contribution in [3.05, 3.63) is 87.5 Å². The molecular weight excluding hydrogens is 443 g/mol. The molecule has 3 aromatic rings. The molecule has 1 heterocycles. The van der Waals surface area contributed by atoms with Gasteiger partial charge >= 0.3 is 0 Å². The molecule has 3 rings (SSSR count). The third kappa shape index (κ3) is 6.92. The Morgan fingerprint density at radius 2 is 1.79 bits per heavy atom. The summed E-state index contributed by atoms with van der Waals surface area (Å²) in [4.78, 5) is 26.5. The molecule has 2 aromatic carbocycles. The van der Waals surface area contributed by atoms with Gasteiger partial charge in [-0.3, -0.25) is 9.59 Å². The monoisotopic (exact) mass is 468 g/mol. The van der Waals surface area contributed by atoms with E-state index in [0.717, 1.165) is 10.4 Å². The summed E-state index contributed by atoms with van der Waals surface area (Å²) in [6.45, 7) is 0.407. The molecule has 0 atom stereocenters. The summed E-state index contributed by atoms with van der Waals surface area (Å²) in [5, 5.41) is 7.43. The van der Waals surface area contributed by atoms with Gasteiger partial charge in [0.05, 0.1) is 14.2 Å². The van der Waals surface area contributed by atoms with Crippen molar-refractivity contribution in [1.29, 1.82) is 0 Å². The van der Waals surface area contributed by atoms with Gasteiger partial charge in [-0.15, -0.1) is 11.3 Å². The number of thiophene rings is 1. The van der Waals surface area contributed by atoms with Crippen molar-refractivity contribution in [3.8, 4) is 11.5 Å². The molecule has 8 heteroatoms. The van der Waals surface area contributed by atoms with Crippen LogP contribution in [0.2, 0.25) is 0 Å². The van der Waals surface area contributed by atoms with Crippen LogP contribution in [0.1, 0.15) is 27.2 Å². The summed E-state index contributed by atoms with van der Waals surface area (Å²) < 4.78 is 23.5. The lowest BCUT2D eigenvalue weighted by molar-refractivity contribution is -0.117. The molecule has 2 N–H and O–H groups in total. The Balaban J connectivity index is 1.66. The molecule has 2 amide bonds. The Kier molecular flexibility index (Phi) is 8.60. The van der Waals surface area contributed by atoms with E-state index in [2.05, 4.69) is 10.6 Å². The van der Waals surface area contributed by atoms with Gasteiger partial charge in [-0.05, 0) is 66.3 Å². The molecule has 1 aromatic heterocycles. The standard InChI is InChI=1S/C25H25FN2O4S/c1-31-22-12-9-18(15-23(22)32-2)24(29)28-21(16-20-6-4-14-33-20)25(30)27-13-3-5-17-7-10-19(26)11-8-17/h4,6-12,14-16H,3,5,13H2,1-2H3,(H,27,30)(H,28,29)/b21-16-. The van der Waals surface area contributed by atoms with Gasteiger partial charge in [0.1, 0.15) is 11.5 Å². The smallest absolute Gasteiger partial charge is 0.267 e. The van der Waals surface area contributed by atoms with Gasteiger partial charge in [-0.25, -0.2) is 4.39 Å². The molecule has 0 radical (unpaired) electrons. The number of ether oxygens (including phenoxy) is 2.